The van der Waals surface area contributed by atoms with Crippen LogP contribution in [0.25, 0.3) is 0 Å². The molecule has 92 valence electrons. The van der Waals surface area contributed by atoms with Crippen LogP contribution in [0.4, 0.5) is 4.39 Å². The number of ketones is 1. The van der Waals surface area contributed by atoms with E-state index in [9.17, 15) is 9.18 Å². The molecule has 0 saturated heterocycles. The van der Waals surface area contributed by atoms with Crippen LogP contribution in [0.3, 0.4) is 0 Å². The first-order chi connectivity index (χ1) is 8.59. The van der Waals surface area contributed by atoms with E-state index in [2.05, 4.69) is 0 Å². The van der Waals surface area contributed by atoms with Crippen LogP contribution in [0.5, 0.6) is 0 Å². The SMILES string of the molecule is O=C(Cc1ccccc1Cl)c1c(F)cccc1Cl. The molecule has 0 heterocycles. The molecule has 1 nitrogen and oxygen atoms in total. The molecule has 0 aliphatic rings. The van der Waals surface area contributed by atoms with Gasteiger partial charge in [0.1, 0.15) is 5.82 Å². The summed E-state index contributed by atoms with van der Waals surface area (Å²) in [5.41, 5.74) is 0.572. The number of halogens is 3. The predicted molar refractivity (Wildman–Crippen MR) is 70.9 cm³/mol. The second-order valence-electron chi connectivity index (χ2n) is 3.79. The molecule has 4 heteroatoms. The Hall–Kier alpha value is -1.38. The number of carbonyl (C=O) groups is 1. The lowest BCUT2D eigenvalue weighted by Crippen LogP contribution is -2.07. The highest BCUT2D eigenvalue weighted by Crippen LogP contribution is 2.23. The second kappa shape index (κ2) is 5.51. The van der Waals surface area contributed by atoms with Gasteiger partial charge in [-0.2, -0.15) is 0 Å². The molecule has 0 aliphatic carbocycles. The van der Waals surface area contributed by atoms with Crippen LogP contribution in [0.1, 0.15) is 15.9 Å². The topological polar surface area (TPSA) is 17.1 Å². The fraction of sp³-hybridized carbons (Fsp3) is 0.0714. The molecule has 0 unspecified atom stereocenters. The molecule has 0 aliphatic heterocycles. The quantitative estimate of drug-likeness (QED) is 0.755. The van der Waals surface area contributed by atoms with Crippen molar-refractivity contribution in [1.82, 2.24) is 0 Å². The summed E-state index contributed by atoms with van der Waals surface area (Å²) in [6, 6.07) is 11.1. The Morgan fingerprint density at radius 2 is 1.67 bits per heavy atom. The number of hydrogen-bond donors (Lipinski definition) is 0. The number of carbonyl (C=O) groups excluding carboxylic acids is 1. The molecule has 2 rings (SSSR count). The summed E-state index contributed by atoms with van der Waals surface area (Å²) in [6.45, 7) is 0. The molecule has 2 aromatic carbocycles. The lowest BCUT2D eigenvalue weighted by Gasteiger charge is -2.06. The van der Waals surface area contributed by atoms with Crippen molar-refractivity contribution in [2.75, 3.05) is 0 Å². The van der Waals surface area contributed by atoms with Gasteiger partial charge >= 0.3 is 0 Å². The molecular formula is C14H9Cl2FO. The Labute approximate surface area is 114 Å². The predicted octanol–water partition coefficient (Wildman–Crippen LogP) is 4.56. The summed E-state index contributed by atoms with van der Waals surface area (Å²) in [6.07, 6.45) is 0.0281. The average Bonchev–Trinajstić information content (AvgIpc) is 2.32. The van der Waals surface area contributed by atoms with E-state index in [1.165, 1.54) is 18.2 Å². The van der Waals surface area contributed by atoms with Crippen molar-refractivity contribution in [3.8, 4) is 0 Å². The van der Waals surface area contributed by atoms with E-state index in [0.29, 0.717) is 10.6 Å². The van der Waals surface area contributed by atoms with E-state index >= 15 is 0 Å². The largest absolute Gasteiger partial charge is 0.294 e. The molecule has 0 aromatic heterocycles. The minimum absolute atomic E-state index is 0.0281. The van der Waals surface area contributed by atoms with Crippen molar-refractivity contribution in [3.05, 3.63) is 69.5 Å². The van der Waals surface area contributed by atoms with E-state index in [4.69, 9.17) is 23.2 Å². The van der Waals surface area contributed by atoms with E-state index < -0.39 is 5.82 Å². The first-order valence-corrected chi connectivity index (χ1v) is 6.06. The van der Waals surface area contributed by atoms with Crippen LogP contribution in [0.2, 0.25) is 10.0 Å². The lowest BCUT2D eigenvalue weighted by atomic mass is 10.0. The minimum Gasteiger partial charge on any atom is -0.294 e. The normalized spacial score (nSPS) is 10.4. The van der Waals surface area contributed by atoms with Crippen LogP contribution in [-0.4, -0.2) is 5.78 Å². The van der Waals surface area contributed by atoms with E-state index in [1.807, 2.05) is 0 Å². The van der Waals surface area contributed by atoms with E-state index in [1.54, 1.807) is 24.3 Å². The molecule has 0 atom stereocenters. The van der Waals surface area contributed by atoms with Gasteiger partial charge < -0.3 is 0 Å². The van der Waals surface area contributed by atoms with Crippen LogP contribution < -0.4 is 0 Å². The molecule has 0 spiro atoms. The molecular weight excluding hydrogens is 274 g/mol. The summed E-state index contributed by atoms with van der Waals surface area (Å²) in [5, 5.41) is 0.602. The summed E-state index contributed by atoms with van der Waals surface area (Å²) in [4.78, 5) is 12.0. The molecule has 0 radical (unpaired) electrons. The van der Waals surface area contributed by atoms with Gasteiger partial charge in [-0.1, -0.05) is 47.5 Å². The molecule has 0 N–H and O–H groups in total. The van der Waals surface area contributed by atoms with Gasteiger partial charge in [-0.3, -0.25) is 4.79 Å². The highest BCUT2D eigenvalue weighted by atomic mass is 35.5. The molecule has 0 saturated carbocycles. The second-order valence-corrected chi connectivity index (χ2v) is 4.60. The molecule has 0 amide bonds. The van der Waals surface area contributed by atoms with Crippen molar-refractivity contribution in [3.63, 3.8) is 0 Å². The zero-order chi connectivity index (χ0) is 13.1. The van der Waals surface area contributed by atoms with Gasteiger partial charge in [-0.15, -0.1) is 0 Å². The number of rotatable bonds is 3. The third-order valence-corrected chi connectivity index (χ3v) is 3.23. The molecule has 18 heavy (non-hydrogen) atoms. The first-order valence-electron chi connectivity index (χ1n) is 5.30. The van der Waals surface area contributed by atoms with Crippen molar-refractivity contribution in [1.29, 1.82) is 0 Å². The maximum atomic E-state index is 13.6. The third kappa shape index (κ3) is 2.71. The van der Waals surface area contributed by atoms with Crippen molar-refractivity contribution < 1.29 is 9.18 Å². The lowest BCUT2D eigenvalue weighted by molar-refractivity contribution is 0.0989. The summed E-state index contributed by atoms with van der Waals surface area (Å²) in [7, 11) is 0. The van der Waals surface area contributed by atoms with Crippen molar-refractivity contribution in [2.45, 2.75) is 6.42 Å². The first kappa shape index (κ1) is 13.1. The smallest absolute Gasteiger partial charge is 0.171 e. The van der Waals surface area contributed by atoms with Gasteiger partial charge in [0, 0.05) is 11.4 Å². The zero-order valence-corrected chi connectivity index (χ0v) is 10.8. The van der Waals surface area contributed by atoms with Crippen LogP contribution in [0, 0.1) is 5.82 Å². The molecule has 0 fully saturated rings. The molecule has 2 aromatic rings. The zero-order valence-electron chi connectivity index (χ0n) is 9.29. The summed E-state index contributed by atoms with van der Waals surface area (Å²) >= 11 is 11.8. The van der Waals surface area contributed by atoms with Crippen LogP contribution >= 0.6 is 23.2 Å². The van der Waals surface area contributed by atoms with Crippen LogP contribution in [-0.2, 0) is 6.42 Å². The van der Waals surface area contributed by atoms with Crippen molar-refractivity contribution in [2.24, 2.45) is 0 Å². The number of hydrogen-bond acceptors (Lipinski definition) is 1. The number of Topliss-reactive ketones (excluding diaryl/α,β-unsaturated/α-hetero) is 1. The Kier molecular flexibility index (Phi) is 4.00. The Bertz CT molecular complexity index is 576. The van der Waals surface area contributed by atoms with Gasteiger partial charge in [0.05, 0.1) is 10.6 Å². The summed E-state index contributed by atoms with van der Waals surface area (Å²) < 4.78 is 13.6. The maximum absolute atomic E-state index is 13.6. The van der Waals surface area contributed by atoms with E-state index in [0.717, 1.165) is 0 Å². The van der Waals surface area contributed by atoms with Gasteiger partial charge in [0.25, 0.3) is 0 Å². The van der Waals surface area contributed by atoms with E-state index in [-0.39, 0.29) is 22.8 Å². The highest BCUT2D eigenvalue weighted by Gasteiger charge is 2.16. The average molecular weight is 283 g/mol. The van der Waals surface area contributed by atoms with Crippen LogP contribution in [0.15, 0.2) is 42.5 Å². The Morgan fingerprint density at radius 3 is 2.33 bits per heavy atom. The van der Waals surface area contributed by atoms with Gasteiger partial charge in [0.2, 0.25) is 0 Å². The third-order valence-electron chi connectivity index (χ3n) is 2.55. The molecule has 0 bridgehead atoms. The monoisotopic (exact) mass is 282 g/mol. The fourth-order valence-corrected chi connectivity index (χ4v) is 2.14. The number of benzene rings is 2. The highest BCUT2D eigenvalue weighted by molar-refractivity contribution is 6.34. The van der Waals surface area contributed by atoms with Crippen molar-refractivity contribution >= 4 is 29.0 Å². The standard InChI is InChI=1S/C14H9Cl2FO/c15-10-5-2-1-4-9(10)8-13(18)14-11(16)6-3-7-12(14)17/h1-7H,8H2. The Morgan fingerprint density at radius 1 is 1.00 bits per heavy atom. The minimum atomic E-state index is -0.612. The maximum Gasteiger partial charge on any atom is 0.171 e. The van der Waals surface area contributed by atoms with Gasteiger partial charge in [-0.25, -0.2) is 4.39 Å². The van der Waals surface area contributed by atoms with Gasteiger partial charge in [-0.05, 0) is 23.8 Å². The van der Waals surface area contributed by atoms with Gasteiger partial charge in [0.15, 0.2) is 5.78 Å². The fourth-order valence-electron chi connectivity index (χ4n) is 1.67. The Balaban J connectivity index is 2.31. The summed E-state index contributed by atoms with van der Waals surface area (Å²) in [5.74, 6) is -0.995.